The number of amides is 2. The number of piperidine rings is 1. The van der Waals surface area contributed by atoms with Gasteiger partial charge in [-0.15, -0.1) is 0 Å². The van der Waals surface area contributed by atoms with E-state index in [4.69, 9.17) is 9.47 Å². The molecular formula is C23H32N2O5. The second-order valence-electron chi connectivity index (χ2n) is 9.05. The highest BCUT2D eigenvalue weighted by Crippen LogP contribution is 2.26. The van der Waals surface area contributed by atoms with E-state index in [1.54, 1.807) is 9.80 Å². The number of carbonyl (C=O) groups excluding carboxylic acids is 3. The van der Waals surface area contributed by atoms with E-state index in [2.05, 4.69) is 0 Å². The van der Waals surface area contributed by atoms with Gasteiger partial charge in [0.1, 0.15) is 18.2 Å². The van der Waals surface area contributed by atoms with Crippen molar-refractivity contribution in [3.05, 3.63) is 35.9 Å². The molecule has 2 saturated heterocycles. The van der Waals surface area contributed by atoms with Crippen LogP contribution in [0.25, 0.3) is 0 Å². The SMILES string of the molecule is CC(C)(C)OC(=O)N1CCC[C@H](C(=O)N2CCC[C@@H]2C(=O)OCc2ccccc2)C1. The predicted molar refractivity (Wildman–Crippen MR) is 112 cm³/mol. The first-order valence-electron chi connectivity index (χ1n) is 10.7. The van der Waals surface area contributed by atoms with Gasteiger partial charge < -0.3 is 19.3 Å². The summed E-state index contributed by atoms with van der Waals surface area (Å²) in [5.41, 5.74) is 0.346. The summed E-state index contributed by atoms with van der Waals surface area (Å²) in [5.74, 6) is -0.735. The zero-order chi connectivity index (χ0) is 21.7. The van der Waals surface area contributed by atoms with E-state index >= 15 is 0 Å². The first-order valence-corrected chi connectivity index (χ1v) is 10.7. The van der Waals surface area contributed by atoms with Crippen LogP contribution in [-0.4, -0.2) is 59.0 Å². The minimum absolute atomic E-state index is 0.0672. The Bertz CT molecular complexity index is 759. The zero-order valence-corrected chi connectivity index (χ0v) is 18.1. The molecule has 7 heteroatoms. The number of benzene rings is 1. The second kappa shape index (κ2) is 9.49. The van der Waals surface area contributed by atoms with E-state index in [-0.39, 0.29) is 30.5 Å². The minimum Gasteiger partial charge on any atom is -0.459 e. The van der Waals surface area contributed by atoms with Gasteiger partial charge in [-0.2, -0.15) is 0 Å². The lowest BCUT2D eigenvalue weighted by Gasteiger charge is -2.35. The average molecular weight is 417 g/mol. The molecule has 0 radical (unpaired) electrons. The third kappa shape index (κ3) is 5.74. The lowest BCUT2D eigenvalue weighted by molar-refractivity contribution is -0.156. The van der Waals surface area contributed by atoms with Crippen molar-refractivity contribution in [1.82, 2.24) is 9.80 Å². The maximum atomic E-state index is 13.2. The molecular weight excluding hydrogens is 384 g/mol. The van der Waals surface area contributed by atoms with Crippen LogP contribution in [0.5, 0.6) is 0 Å². The maximum Gasteiger partial charge on any atom is 0.410 e. The van der Waals surface area contributed by atoms with Crippen LogP contribution in [-0.2, 0) is 25.7 Å². The Labute approximate surface area is 178 Å². The summed E-state index contributed by atoms with van der Waals surface area (Å²) < 4.78 is 10.9. The first kappa shape index (κ1) is 22.1. The Balaban J connectivity index is 1.57. The van der Waals surface area contributed by atoms with E-state index in [0.717, 1.165) is 18.4 Å². The Hall–Kier alpha value is -2.57. The molecule has 2 heterocycles. The fourth-order valence-electron chi connectivity index (χ4n) is 4.01. The van der Waals surface area contributed by atoms with Crippen molar-refractivity contribution in [3.8, 4) is 0 Å². The number of hydrogen-bond acceptors (Lipinski definition) is 5. The number of hydrogen-bond donors (Lipinski definition) is 0. The van der Waals surface area contributed by atoms with Crippen molar-refractivity contribution in [2.45, 2.75) is 64.7 Å². The van der Waals surface area contributed by atoms with Gasteiger partial charge in [-0.3, -0.25) is 4.79 Å². The molecule has 2 atom stereocenters. The number of rotatable bonds is 4. The van der Waals surface area contributed by atoms with E-state index in [0.29, 0.717) is 32.5 Å². The van der Waals surface area contributed by atoms with Crippen molar-refractivity contribution in [2.75, 3.05) is 19.6 Å². The van der Waals surface area contributed by atoms with Gasteiger partial charge in [0.15, 0.2) is 0 Å². The van der Waals surface area contributed by atoms with Crippen LogP contribution in [0.15, 0.2) is 30.3 Å². The quantitative estimate of drug-likeness (QED) is 0.704. The summed E-state index contributed by atoms with van der Waals surface area (Å²) >= 11 is 0. The third-order valence-corrected chi connectivity index (χ3v) is 5.45. The summed E-state index contributed by atoms with van der Waals surface area (Å²) in [5, 5.41) is 0. The molecule has 0 aromatic heterocycles. The van der Waals surface area contributed by atoms with Crippen molar-refractivity contribution in [3.63, 3.8) is 0 Å². The van der Waals surface area contributed by atoms with Gasteiger partial charge in [-0.25, -0.2) is 9.59 Å². The van der Waals surface area contributed by atoms with Crippen molar-refractivity contribution in [1.29, 1.82) is 0 Å². The van der Waals surface area contributed by atoms with Gasteiger partial charge in [0, 0.05) is 19.6 Å². The average Bonchev–Trinajstić information content (AvgIpc) is 3.21. The van der Waals surface area contributed by atoms with Crippen LogP contribution in [0.2, 0.25) is 0 Å². The molecule has 1 aromatic rings. The highest BCUT2D eigenvalue weighted by atomic mass is 16.6. The van der Waals surface area contributed by atoms with Crippen LogP contribution in [0, 0.1) is 5.92 Å². The zero-order valence-electron chi connectivity index (χ0n) is 18.1. The summed E-state index contributed by atoms with van der Waals surface area (Å²) in [7, 11) is 0. The Kier molecular flexibility index (Phi) is 7.00. The van der Waals surface area contributed by atoms with Gasteiger partial charge in [0.25, 0.3) is 0 Å². The van der Waals surface area contributed by atoms with E-state index in [1.807, 2.05) is 51.1 Å². The third-order valence-electron chi connectivity index (χ3n) is 5.45. The number of carbonyl (C=O) groups is 3. The molecule has 0 bridgehead atoms. The molecule has 0 aliphatic carbocycles. The lowest BCUT2D eigenvalue weighted by Crippen LogP contribution is -2.50. The van der Waals surface area contributed by atoms with Crippen molar-refractivity contribution >= 4 is 18.0 Å². The fraction of sp³-hybridized carbons (Fsp3) is 0.609. The molecule has 7 nitrogen and oxygen atoms in total. The van der Waals surface area contributed by atoms with Gasteiger partial charge in [-0.05, 0) is 52.0 Å². The molecule has 0 saturated carbocycles. The smallest absolute Gasteiger partial charge is 0.410 e. The van der Waals surface area contributed by atoms with Crippen LogP contribution in [0.1, 0.15) is 52.0 Å². The molecule has 2 amide bonds. The topological polar surface area (TPSA) is 76.2 Å². The molecule has 2 aliphatic rings. The van der Waals surface area contributed by atoms with Gasteiger partial charge in [0.05, 0.1) is 5.92 Å². The standard InChI is InChI=1S/C23H32N2O5/c1-23(2,3)30-22(28)24-13-7-11-18(15-24)20(26)25-14-8-12-19(25)21(27)29-16-17-9-5-4-6-10-17/h4-6,9-10,18-19H,7-8,11-16H2,1-3H3/t18-,19+/m0/s1. The highest BCUT2D eigenvalue weighted by Gasteiger charge is 2.40. The van der Waals surface area contributed by atoms with Crippen LogP contribution >= 0.6 is 0 Å². The van der Waals surface area contributed by atoms with E-state index in [9.17, 15) is 14.4 Å². The van der Waals surface area contributed by atoms with Gasteiger partial charge in [0.2, 0.25) is 5.91 Å². The Morgan fingerprint density at radius 3 is 2.43 bits per heavy atom. The molecule has 0 unspecified atom stereocenters. The van der Waals surface area contributed by atoms with E-state index in [1.165, 1.54) is 0 Å². The van der Waals surface area contributed by atoms with Gasteiger partial charge in [-0.1, -0.05) is 30.3 Å². The monoisotopic (exact) mass is 416 g/mol. The van der Waals surface area contributed by atoms with Crippen LogP contribution < -0.4 is 0 Å². The van der Waals surface area contributed by atoms with Crippen molar-refractivity contribution < 1.29 is 23.9 Å². The fourth-order valence-corrected chi connectivity index (χ4v) is 4.01. The molecule has 164 valence electrons. The highest BCUT2D eigenvalue weighted by molar-refractivity contribution is 5.87. The molecule has 2 aliphatic heterocycles. The number of nitrogens with zero attached hydrogens (tertiary/aromatic N) is 2. The molecule has 30 heavy (non-hydrogen) atoms. The summed E-state index contributed by atoms with van der Waals surface area (Å²) in [4.78, 5) is 41.5. The van der Waals surface area contributed by atoms with E-state index < -0.39 is 11.6 Å². The Morgan fingerprint density at radius 1 is 1.03 bits per heavy atom. The summed E-state index contributed by atoms with van der Waals surface area (Å²) in [6, 6.07) is 8.96. The van der Waals surface area contributed by atoms with Crippen molar-refractivity contribution in [2.24, 2.45) is 5.92 Å². The molecule has 0 N–H and O–H groups in total. The maximum absolute atomic E-state index is 13.2. The minimum atomic E-state index is -0.573. The number of esters is 1. The normalized spacial score (nSPS) is 22.0. The van der Waals surface area contributed by atoms with Gasteiger partial charge >= 0.3 is 12.1 Å². The molecule has 1 aromatic carbocycles. The van der Waals surface area contributed by atoms with Crippen LogP contribution in [0.4, 0.5) is 4.79 Å². The van der Waals surface area contributed by atoms with Crippen LogP contribution in [0.3, 0.4) is 0 Å². The Morgan fingerprint density at radius 2 is 1.73 bits per heavy atom. The molecule has 3 rings (SSSR count). The lowest BCUT2D eigenvalue weighted by atomic mass is 9.96. The first-order chi connectivity index (χ1) is 14.2. The predicted octanol–water partition coefficient (Wildman–Crippen LogP) is 3.37. The summed E-state index contributed by atoms with van der Waals surface area (Å²) in [6.45, 7) is 7.15. The molecule has 2 fully saturated rings. The second-order valence-corrected chi connectivity index (χ2v) is 9.05. The number of likely N-dealkylation sites (tertiary alicyclic amines) is 2. The molecule has 0 spiro atoms. The largest absolute Gasteiger partial charge is 0.459 e. The summed E-state index contributed by atoms with van der Waals surface area (Å²) in [6.07, 6.45) is 2.45. The number of ether oxygens (including phenoxy) is 2.